The zero-order valence-electron chi connectivity index (χ0n) is 10.2. The van der Waals surface area contributed by atoms with Crippen molar-refractivity contribution in [2.45, 2.75) is 26.2 Å². The molecule has 0 fully saturated rings. The third kappa shape index (κ3) is 2.84. The number of methoxy groups -OCH3 is 1. The number of carbonyl (C=O) groups excluding carboxylic acids is 2. The van der Waals surface area contributed by atoms with E-state index in [1.807, 2.05) is 0 Å². The van der Waals surface area contributed by atoms with Crippen molar-refractivity contribution in [1.29, 1.82) is 0 Å². The van der Waals surface area contributed by atoms with E-state index in [1.54, 1.807) is 26.0 Å². The smallest absolute Gasteiger partial charge is 0.312 e. The van der Waals surface area contributed by atoms with Crippen molar-refractivity contribution < 1.29 is 19.4 Å². The summed E-state index contributed by atoms with van der Waals surface area (Å²) in [5, 5.41) is 9.58. The van der Waals surface area contributed by atoms with Crippen LogP contribution in [0.4, 0.5) is 0 Å². The molecule has 0 spiro atoms. The Morgan fingerprint density at radius 2 is 2.06 bits per heavy atom. The summed E-state index contributed by atoms with van der Waals surface area (Å²) in [5.41, 5.74) is 0.909. The van der Waals surface area contributed by atoms with Crippen LogP contribution in [-0.2, 0) is 9.53 Å². The van der Waals surface area contributed by atoms with Gasteiger partial charge in [-0.1, -0.05) is 13.0 Å². The van der Waals surface area contributed by atoms with Crippen molar-refractivity contribution in [2.75, 3.05) is 7.11 Å². The Balaban J connectivity index is 3.12. The van der Waals surface area contributed by atoms with E-state index in [0.29, 0.717) is 12.0 Å². The third-order valence-corrected chi connectivity index (χ3v) is 2.70. The second kappa shape index (κ2) is 5.48. The molecule has 1 rings (SSSR count). The number of esters is 1. The maximum atomic E-state index is 11.6. The van der Waals surface area contributed by atoms with E-state index in [1.165, 1.54) is 13.2 Å². The first-order valence-corrected chi connectivity index (χ1v) is 5.45. The lowest BCUT2D eigenvalue weighted by Crippen LogP contribution is -2.11. The Kier molecular flexibility index (Phi) is 4.26. The molecule has 4 nitrogen and oxygen atoms in total. The van der Waals surface area contributed by atoms with Crippen molar-refractivity contribution >= 4 is 11.8 Å². The maximum absolute atomic E-state index is 11.6. The highest BCUT2D eigenvalue weighted by Crippen LogP contribution is 2.25. The number of hydrogen-bond acceptors (Lipinski definition) is 4. The summed E-state index contributed by atoms with van der Waals surface area (Å²) < 4.78 is 4.64. The molecule has 0 saturated carbocycles. The molecule has 0 aliphatic carbocycles. The average Bonchev–Trinajstić information content (AvgIpc) is 2.36. The van der Waals surface area contributed by atoms with Crippen LogP contribution in [0.15, 0.2) is 18.2 Å². The SMILES string of the molecule is CCC(=O)c1cc(C(C)C(=O)OC)ccc1O. The fourth-order valence-corrected chi connectivity index (χ4v) is 1.55. The van der Waals surface area contributed by atoms with E-state index in [2.05, 4.69) is 4.74 Å². The van der Waals surface area contributed by atoms with Gasteiger partial charge in [-0.25, -0.2) is 0 Å². The van der Waals surface area contributed by atoms with Gasteiger partial charge in [-0.3, -0.25) is 9.59 Å². The molecular weight excluding hydrogens is 220 g/mol. The van der Waals surface area contributed by atoms with Crippen molar-refractivity contribution in [2.24, 2.45) is 0 Å². The van der Waals surface area contributed by atoms with Crippen LogP contribution in [0, 0.1) is 0 Å². The molecule has 0 aliphatic rings. The maximum Gasteiger partial charge on any atom is 0.312 e. The lowest BCUT2D eigenvalue weighted by atomic mass is 9.96. The Hall–Kier alpha value is -1.84. The minimum Gasteiger partial charge on any atom is -0.507 e. The van der Waals surface area contributed by atoms with Gasteiger partial charge >= 0.3 is 5.97 Å². The lowest BCUT2D eigenvalue weighted by molar-refractivity contribution is -0.142. The Bertz CT molecular complexity index is 437. The highest BCUT2D eigenvalue weighted by atomic mass is 16.5. The van der Waals surface area contributed by atoms with Gasteiger partial charge in [0.1, 0.15) is 5.75 Å². The van der Waals surface area contributed by atoms with Crippen LogP contribution in [0.3, 0.4) is 0 Å². The topological polar surface area (TPSA) is 63.6 Å². The molecule has 17 heavy (non-hydrogen) atoms. The van der Waals surface area contributed by atoms with Crippen LogP contribution in [0.5, 0.6) is 5.75 Å². The first-order valence-electron chi connectivity index (χ1n) is 5.45. The van der Waals surface area contributed by atoms with Gasteiger partial charge < -0.3 is 9.84 Å². The van der Waals surface area contributed by atoms with Crippen LogP contribution >= 0.6 is 0 Å². The highest BCUT2D eigenvalue weighted by Gasteiger charge is 2.18. The summed E-state index contributed by atoms with van der Waals surface area (Å²) in [4.78, 5) is 23.0. The summed E-state index contributed by atoms with van der Waals surface area (Å²) in [5.74, 6) is -1.03. The largest absolute Gasteiger partial charge is 0.507 e. The molecule has 1 unspecified atom stereocenters. The molecule has 0 amide bonds. The van der Waals surface area contributed by atoms with Gasteiger partial charge in [-0.15, -0.1) is 0 Å². The predicted molar refractivity (Wildman–Crippen MR) is 63.2 cm³/mol. The second-order valence-corrected chi connectivity index (χ2v) is 3.80. The monoisotopic (exact) mass is 236 g/mol. The molecule has 0 bridgehead atoms. The Morgan fingerprint density at radius 3 is 2.59 bits per heavy atom. The lowest BCUT2D eigenvalue weighted by Gasteiger charge is -2.11. The third-order valence-electron chi connectivity index (χ3n) is 2.70. The van der Waals surface area contributed by atoms with Gasteiger partial charge in [0.15, 0.2) is 5.78 Å². The normalized spacial score (nSPS) is 11.9. The number of phenolic OH excluding ortho intramolecular Hbond substituents is 1. The summed E-state index contributed by atoms with van der Waals surface area (Å²) >= 11 is 0. The molecule has 0 saturated heterocycles. The van der Waals surface area contributed by atoms with Crippen molar-refractivity contribution in [3.8, 4) is 5.75 Å². The van der Waals surface area contributed by atoms with E-state index in [0.717, 1.165) is 0 Å². The molecule has 92 valence electrons. The minimum atomic E-state index is -0.455. The molecule has 0 aliphatic heterocycles. The van der Waals surface area contributed by atoms with Crippen LogP contribution in [0.25, 0.3) is 0 Å². The average molecular weight is 236 g/mol. The molecule has 1 aromatic rings. The number of phenols is 1. The standard InChI is InChI=1S/C13H16O4/c1-4-11(14)10-7-9(5-6-12(10)15)8(2)13(16)17-3/h5-8,15H,4H2,1-3H3. The van der Waals surface area contributed by atoms with Gasteiger partial charge in [-0.05, 0) is 24.6 Å². The zero-order valence-corrected chi connectivity index (χ0v) is 10.2. The van der Waals surface area contributed by atoms with Crippen molar-refractivity contribution in [1.82, 2.24) is 0 Å². The number of hydrogen-bond donors (Lipinski definition) is 1. The number of aromatic hydroxyl groups is 1. The second-order valence-electron chi connectivity index (χ2n) is 3.80. The van der Waals surface area contributed by atoms with Gasteiger partial charge in [0.2, 0.25) is 0 Å². The fraction of sp³-hybridized carbons (Fsp3) is 0.385. The minimum absolute atomic E-state index is 0.0577. The quantitative estimate of drug-likeness (QED) is 0.643. The van der Waals surface area contributed by atoms with Gasteiger partial charge in [0, 0.05) is 6.42 Å². The van der Waals surface area contributed by atoms with Gasteiger partial charge in [-0.2, -0.15) is 0 Å². The van der Waals surface area contributed by atoms with Crippen LogP contribution in [-0.4, -0.2) is 24.0 Å². The number of benzene rings is 1. The number of Topliss-reactive ketones (excluding diaryl/α,β-unsaturated/α-hetero) is 1. The first kappa shape index (κ1) is 13.2. The Labute approximate surface area is 100 Å². The molecule has 0 aromatic heterocycles. The molecule has 1 N–H and O–H groups in total. The van der Waals surface area contributed by atoms with Crippen LogP contribution < -0.4 is 0 Å². The first-order chi connectivity index (χ1) is 8.01. The summed E-state index contributed by atoms with van der Waals surface area (Å²) in [7, 11) is 1.32. The summed E-state index contributed by atoms with van der Waals surface area (Å²) in [6, 6.07) is 4.59. The predicted octanol–water partition coefficient (Wildman–Crippen LogP) is 2.26. The molecule has 1 aromatic carbocycles. The van der Waals surface area contributed by atoms with E-state index >= 15 is 0 Å². The fourth-order valence-electron chi connectivity index (χ4n) is 1.55. The summed E-state index contributed by atoms with van der Waals surface area (Å²) in [6.45, 7) is 3.41. The van der Waals surface area contributed by atoms with Gasteiger partial charge in [0.25, 0.3) is 0 Å². The van der Waals surface area contributed by atoms with E-state index < -0.39 is 5.92 Å². The summed E-state index contributed by atoms with van der Waals surface area (Å²) in [6.07, 6.45) is 0.309. The zero-order chi connectivity index (χ0) is 13.0. The van der Waals surface area contributed by atoms with E-state index in [9.17, 15) is 14.7 Å². The molecule has 1 atom stereocenters. The number of ether oxygens (including phenoxy) is 1. The van der Waals surface area contributed by atoms with E-state index in [-0.39, 0.29) is 23.1 Å². The van der Waals surface area contributed by atoms with Crippen LogP contribution in [0.2, 0.25) is 0 Å². The highest BCUT2D eigenvalue weighted by molar-refractivity contribution is 5.98. The molecule has 4 heteroatoms. The van der Waals surface area contributed by atoms with Crippen molar-refractivity contribution in [3.05, 3.63) is 29.3 Å². The van der Waals surface area contributed by atoms with Crippen molar-refractivity contribution in [3.63, 3.8) is 0 Å². The molecule has 0 radical (unpaired) electrons. The van der Waals surface area contributed by atoms with E-state index in [4.69, 9.17) is 0 Å². The number of rotatable bonds is 4. The number of carbonyl (C=O) groups is 2. The van der Waals surface area contributed by atoms with Crippen LogP contribution in [0.1, 0.15) is 42.1 Å². The Morgan fingerprint density at radius 1 is 1.41 bits per heavy atom. The molecular formula is C13H16O4. The number of ketones is 1. The molecule has 0 heterocycles. The van der Waals surface area contributed by atoms with Gasteiger partial charge in [0.05, 0.1) is 18.6 Å².